The molecule has 0 aliphatic heterocycles. The van der Waals surface area contributed by atoms with Crippen molar-refractivity contribution in [2.75, 3.05) is 13.6 Å². The van der Waals surface area contributed by atoms with E-state index in [1.807, 2.05) is 62.7 Å². The van der Waals surface area contributed by atoms with Crippen molar-refractivity contribution >= 4 is 11.8 Å². The van der Waals surface area contributed by atoms with Crippen molar-refractivity contribution in [1.82, 2.24) is 20.0 Å². The molecule has 26 heavy (non-hydrogen) atoms. The Labute approximate surface area is 155 Å². The van der Waals surface area contributed by atoms with Crippen molar-refractivity contribution in [1.29, 1.82) is 0 Å². The van der Waals surface area contributed by atoms with Gasteiger partial charge >= 0.3 is 0 Å². The van der Waals surface area contributed by atoms with Crippen molar-refractivity contribution in [2.24, 2.45) is 0 Å². The third-order valence-electron chi connectivity index (χ3n) is 3.93. The molecule has 0 spiro atoms. The average Bonchev–Trinajstić information content (AvgIpc) is 2.95. The molecule has 0 atom stereocenters. The van der Waals surface area contributed by atoms with Crippen LogP contribution in [0.3, 0.4) is 0 Å². The second-order valence-electron chi connectivity index (χ2n) is 7.46. The summed E-state index contributed by atoms with van der Waals surface area (Å²) >= 11 is 0. The number of likely N-dealkylation sites (N-methyl/N-ethyl adjacent to an activating group) is 1. The Balaban J connectivity index is 2.12. The summed E-state index contributed by atoms with van der Waals surface area (Å²) in [7, 11) is 1.64. The first-order valence-electron chi connectivity index (χ1n) is 8.86. The number of benzene rings is 1. The molecule has 0 unspecified atom stereocenters. The van der Waals surface area contributed by atoms with E-state index in [2.05, 4.69) is 10.4 Å². The molecule has 1 N–H and O–H groups in total. The summed E-state index contributed by atoms with van der Waals surface area (Å²) in [6.45, 7) is 8.37. The fraction of sp³-hybridized carbons (Fsp3) is 0.450. The van der Waals surface area contributed by atoms with Crippen molar-refractivity contribution < 1.29 is 9.59 Å². The molecule has 0 saturated heterocycles. The summed E-state index contributed by atoms with van der Waals surface area (Å²) in [5.74, 6) is -0.367. The zero-order valence-corrected chi connectivity index (χ0v) is 16.2. The maximum atomic E-state index is 12.8. The van der Waals surface area contributed by atoms with Gasteiger partial charge in [0.2, 0.25) is 5.91 Å². The Morgan fingerprint density at radius 2 is 1.85 bits per heavy atom. The lowest BCUT2D eigenvalue weighted by atomic mass is 10.1. The Morgan fingerprint density at radius 3 is 2.42 bits per heavy atom. The van der Waals surface area contributed by atoms with Crippen molar-refractivity contribution in [3.63, 3.8) is 0 Å². The molecule has 0 saturated carbocycles. The van der Waals surface area contributed by atoms with Crippen molar-refractivity contribution in [2.45, 2.75) is 46.2 Å². The Morgan fingerprint density at radius 1 is 1.19 bits per heavy atom. The van der Waals surface area contributed by atoms with Gasteiger partial charge in [-0.3, -0.25) is 14.3 Å². The molecule has 2 amide bonds. The SMILES string of the molecule is CCc1c(C(=O)N(C)CC(=O)NC(C)(C)C)cnn1Cc1ccccc1. The normalized spacial score (nSPS) is 11.3. The Hall–Kier alpha value is -2.63. The molecule has 140 valence electrons. The molecule has 1 aromatic carbocycles. The highest BCUT2D eigenvalue weighted by Crippen LogP contribution is 2.14. The molecule has 6 nitrogen and oxygen atoms in total. The van der Waals surface area contributed by atoms with Gasteiger partial charge in [-0.1, -0.05) is 37.3 Å². The highest BCUT2D eigenvalue weighted by atomic mass is 16.2. The minimum Gasteiger partial charge on any atom is -0.350 e. The molecule has 2 aromatic rings. The summed E-state index contributed by atoms with van der Waals surface area (Å²) in [6.07, 6.45) is 2.29. The lowest BCUT2D eigenvalue weighted by Crippen LogP contribution is -2.46. The monoisotopic (exact) mass is 356 g/mol. The number of carbonyl (C=O) groups excluding carboxylic acids is 2. The van der Waals surface area contributed by atoms with Crippen LogP contribution in [0.15, 0.2) is 36.5 Å². The van der Waals surface area contributed by atoms with Crippen LogP contribution in [0.5, 0.6) is 0 Å². The zero-order chi connectivity index (χ0) is 19.3. The summed E-state index contributed by atoms with van der Waals surface area (Å²) in [6, 6.07) is 10.0. The summed E-state index contributed by atoms with van der Waals surface area (Å²) in [5, 5.41) is 7.26. The minimum atomic E-state index is -0.323. The van der Waals surface area contributed by atoms with Gasteiger partial charge in [0.05, 0.1) is 30.5 Å². The standard InChI is InChI=1S/C20H28N4O2/c1-6-17-16(12-21-24(17)13-15-10-8-7-9-11-15)19(26)23(5)14-18(25)22-20(2,3)4/h7-12H,6,13-14H2,1-5H3,(H,22,25). The predicted octanol–water partition coefficient (Wildman–Crippen LogP) is 2.48. The van der Waals surface area contributed by atoms with Gasteiger partial charge in [-0.15, -0.1) is 0 Å². The van der Waals surface area contributed by atoms with E-state index in [0.717, 1.165) is 11.3 Å². The smallest absolute Gasteiger partial charge is 0.257 e. The van der Waals surface area contributed by atoms with Crippen LogP contribution in [0.1, 0.15) is 49.3 Å². The molecule has 1 heterocycles. The summed E-state index contributed by atoms with van der Waals surface area (Å²) in [4.78, 5) is 26.3. The third kappa shape index (κ3) is 5.18. The quantitative estimate of drug-likeness (QED) is 0.865. The lowest BCUT2D eigenvalue weighted by Gasteiger charge is -2.23. The fourth-order valence-corrected chi connectivity index (χ4v) is 2.81. The van der Waals surface area contributed by atoms with Crippen LogP contribution >= 0.6 is 0 Å². The summed E-state index contributed by atoms with van der Waals surface area (Å²) < 4.78 is 1.85. The number of carbonyl (C=O) groups is 2. The maximum absolute atomic E-state index is 12.8. The molecule has 0 radical (unpaired) electrons. The number of nitrogens with one attached hydrogen (secondary N) is 1. The van der Waals surface area contributed by atoms with Gasteiger partial charge in [0.15, 0.2) is 0 Å². The Bertz CT molecular complexity index is 760. The van der Waals surface area contributed by atoms with Gasteiger partial charge < -0.3 is 10.2 Å². The average molecular weight is 356 g/mol. The maximum Gasteiger partial charge on any atom is 0.257 e. The van der Waals surface area contributed by atoms with Crippen LogP contribution in [0.25, 0.3) is 0 Å². The molecule has 0 bridgehead atoms. The summed E-state index contributed by atoms with van der Waals surface area (Å²) in [5.41, 5.74) is 2.23. The van der Waals surface area contributed by atoms with E-state index in [-0.39, 0.29) is 23.9 Å². The number of hydrogen-bond acceptors (Lipinski definition) is 3. The van der Waals surface area contributed by atoms with E-state index in [0.29, 0.717) is 18.5 Å². The highest BCUT2D eigenvalue weighted by molar-refractivity contribution is 5.97. The van der Waals surface area contributed by atoms with Crippen LogP contribution in [0.2, 0.25) is 0 Å². The van der Waals surface area contributed by atoms with Gasteiger partial charge in [-0.25, -0.2) is 0 Å². The first-order chi connectivity index (χ1) is 12.2. The van der Waals surface area contributed by atoms with Gasteiger partial charge in [-0.05, 0) is 32.8 Å². The number of aromatic nitrogens is 2. The lowest BCUT2D eigenvalue weighted by molar-refractivity contribution is -0.122. The van der Waals surface area contributed by atoms with E-state index >= 15 is 0 Å². The van der Waals surface area contributed by atoms with E-state index in [1.165, 1.54) is 4.90 Å². The molecule has 6 heteroatoms. The molecule has 0 fully saturated rings. The van der Waals surface area contributed by atoms with E-state index < -0.39 is 0 Å². The van der Waals surface area contributed by atoms with Gasteiger partial charge in [-0.2, -0.15) is 5.10 Å². The topological polar surface area (TPSA) is 67.2 Å². The molecule has 0 aliphatic rings. The fourth-order valence-electron chi connectivity index (χ4n) is 2.81. The Kier molecular flexibility index (Phi) is 6.18. The van der Waals surface area contributed by atoms with Gasteiger partial charge in [0, 0.05) is 12.6 Å². The van der Waals surface area contributed by atoms with Crippen LogP contribution in [-0.4, -0.2) is 45.6 Å². The number of nitrogens with zero attached hydrogens (tertiary/aromatic N) is 3. The van der Waals surface area contributed by atoms with Crippen molar-refractivity contribution in [3.05, 3.63) is 53.3 Å². The van der Waals surface area contributed by atoms with Crippen LogP contribution in [0.4, 0.5) is 0 Å². The van der Waals surface area contributed by atoms with Crippen LogP contribution < -0.4 is 5.32 Å². The third-order valence-corrected chi connectivity index (χ3v) is 3.93. The van der Waals surface area contributed by atoms with Crippen LogP contribution in [0, 0.1) is 0 Å². The largest absolute Gasteiger partial charge is 0.350 e. The van der Waals surface area contributed by atoms with Gasteiger partial charge in [0.1, 0.15) is 0 Å². The minimum absolute atomic E-state index is 0.0170. The second-order valence-corrected chi connectivity index (χ2v) is 7.46. The molecule has 1 aromatic heterocycles. The van der Waals surface area contributed by atoms with Crippen LogP contribution in [-0.2, 0) is 17.8 Å². The first kappa shape index (κ1) is 19.7. The molecule has 2 rings (SSSR count). The first-order valence-corrected chi connectivity index (χ1v) is 8.86. The molecule has 0 aliphatic carbocycles. The number of amides is 2. The highest BCUT2D eigenvalue weighted by Gasteiger charge is 2.22. The van der Waals surface area contributed by atoms with E-state index in [4.69, 9.17) is 0 Å². The van der Waals surface area contributed by atoms with E-state index in [9.17, 15) is 9.59 Å². The number of hydrogen-bond donors (Lipinski definition) is 1. The molecular weight excluding hydrogens is 328 g/mol. The van der Waals surface area contributed by atoms with E-state index in [1.54, 1.807) is 13.2 Å². The van der Waals surface area contributed by atoms with Gasteiger partial charge in [0.25, 0.3) is 5.91 Å². The zero-order valence-electron chi connectivity index (χ0n) is 16.2. The predicted molar refractivity (Wildman–Crippen MR) is 102 cm³/mol. The molecular formula is C20H28N4O2. The number of rotatable bonds is 6. The second kappa shape index (κ2) is 8.17. The van der Waals surface area contributed by atoms with Crippen molar-refractivity contribution in [3.8, 4) is 0 Å².